The van der Waals surface area contributed by atoms with Crippen LogP contribution in [0.15, 0.2) is 16.6 Å². The van der Waals surface area contributed by atoms with Crippen LogP contribution < -0.4 is 4.74 Å². The predicted octanol–water partition coefficient (Wildman–Crippen LogP) is 3.04. The molecule has 0 spiro atoms. The second kappa shape index (κ2) is 5.91. The molecule has 2 rings (SSSR count). The van der Waals surface area contributed by atoms with Crippen LogP contribution in [0.4, 0.5) is 13.2 Å². The number of β-amino-alcohol motifs (C(OH)–C–C–N with tert-alkyl or cyclic N) is 1. The Morgan fingerprint density at radius 3 is 2.65 bits per heavy atom. The molecule has 0 radical (unpaired) electrons. The van der Waals surface area contributed by atoms with E-state index in [0.717, 1.165) is 6.07 Å². The molecule has 0 aliphatic carbocycles. The van der Waals surface area contributed by atoms with Crippen LogP contribution in [0.3, 0.4) is 0 Å². The summed E-state index contributed by atoms with van der Waals surface area (Å²) in [4.78, 5) is 1.91. The van der Waals surface area contributed by atoms with Gasteiger partial charge in [-0.15, -0.1) is 0 Å². The standard InChI is InChI=1S/C13H15BrF3NO2/c1-20-12-5-11(14)10(13(15,16)17)4-8(12)6-18-3-2-9(19)7-18/h4-5,9,19H,2-3,6-7H2,1H3/t9-/m1/s1. The SMILES string of the molecule is COc1cc(Br)c(C(F)(F)F)cc1CN1CC[C@@H](O)C1. The second-order valence-corrected chi connectivity index (χ2v) is 5.67. The molecular formula is C13H15BrF3NO2. The van der Waals surface area contributed by atoms with Crippen molar-refractivity contribution in [2.45, 2.75) is 25.2 Å². The van der Waals surface area contributed by atoms with Gasteiger partial charge in [-0.3, -0.25) is 4.90 Å². The van der Waals surface area contributed by atoms with E-state index in [0.29, 0.717) is 37.4 Å². The number of likely N-dealkylation sites (tertiary alicyclic amines) is 1. The average molecular weight is 354 g/mol. The van der Waals surface area contributed by atoms with Gasteiger partial charge >= 0.3 is 6.18 Å². The van der Waals surface area contributed by atoms with Gasteiger partial charge < -0.3 is 9.84 Å². The second-order valence-electron chi connectivity index (χ2n) is 4.82. The number of rotatable bonds is 3. The Morgan fingerprint density at radius 1 is 1.45 bits per heavy atom. The van der Waals surface area contributed by atoms with Gasteiger partial charge in [-0.25, -0.2) is 0 Å². The summed E-state index contributed by atoms with van der Waals surface area (Å²) < 4.78 is 43.9. The van der Waals surface area contributed by atoms with E-state index in [1.807, 2.05) is 4.90 Å². The zero-order valence-corrected chi connectivity index (χ0v) is 12.5. The van der Waals surface area contributed by atoms with E-state index in [2.05, 4.69) is 15.9 Å². The third-order valence-corrected chi connectivity index (χ3v) is 3.97. The highest BCUT2D eigenvalue weighted by atomic mass is 79.9. The summed E-state index contributed by atoms with van der Waals surface area (Å²) >= 11 is 2.93. The molecule has 1 aromatic rings. The number of ether oxygens (including phenoxy) is 1. The summed E-state index contributed by atoms with van der Waals surface area (Å²) in [5, 5.41) is 9.47. The van der Waals surface area contributed by atoms with Crippen molar-refractivity contribution in [2.24, 2.45) is 0 Å². The van der Waals surface area contributed by atoms with Crippen molar-refractivity contribution < 1.29 is 23.0 Å². The van der Waals surface area contributed by atoms with Crippen LogP contribution >= 0.6 is 15.9 Å². The maximum atomic E-state index is 12.9. The summed E-state index contributed by atoms with van der Waals surface area (Å²) in [5.74, 6) is 0.409. The van der Waals surface area contributed by atoms with Crippen molar-refractivity contribution >= 4 is 15.9 Å². The molecule has 0 unspecified atom stereocenters. The quantitative estimate of drug-likeness (QED) is 0.906. The summed E-state index contributed by atoms with van der Waals surface area (Å²) in [6.07, 6.45) is -4.17. The van der Waals surface area contributed by atoms with Crippen LogP contribution in [0.5, 0.6) is 5.75 Å². The smallest absolute Gasteiger partial charge is 0.417 e. The lowest BCUT2D eigenvalue weighted by molar-refractivity contribution is -0.138. The molecule has 1 N–H and O–H groups in total. The third kappa shape index (κ3) is 3.45. The van der Waals surface area contributed by atoms with Gasteiger partial charge in [-0.05, 0) is 18.6 Å². The highest BCUT2D eigenvalue weighted by molar-refractivity contribution is 9.10. The fourth-order valence-electron chi connectivity index (χ4n) is 2.33. The first-order valence-corrected chi connectivity index (χ1v) is 6.94. The first-order valence-electron chi connectivity index (χ1n) is 6.15. The number of halogens is 4. The number of benzene rings is 1. The Kier molecular flexibility index (Phi) is 4.61. The molecule has 0 amide bonds. The predicted molar refractivity (Wildman–Crippen MR) is 71.6 cm³/mol. The Labute approximate surface area is 123 Å². The van der Waals surface area contributed by atoms with Gasteiger partial charge in [0.05, 0.1) is 18.8 Å². The molecule has 1 atom stereocenters. The zero-order valence-electron chi connectivity index (χ0n) is 10.9. The van der Waals surface area contributed by atoms with Gasteiger partial charge in [-0.1, -0.05) is 15.9 Å². The van der Waals surface area contributed by atoms with Crippen molar-refractivity contribution in [3.05, 3.63) is 27.7 Å². The molecule has 1 fully saturated rings. The van der Waals surface area contributed by atoms with Crippen LogP contribution in [0.1, 0.15) is 17.5 Å². The van der Waals surface area contributed by atoms with Crippen LogP contribution in [-0.4, -0.2) is 36.3 Å². The average Bonchev–Trinajstić information content (AvgIpc) is 2.75. The Morgan fingerprint density at radius 2 is 2.15 bits per heavy atom. The van der Waals surface area contributed by atoms with Crippen molar-refractivity contribution in [3.63, 3.8) is 0 Å². The molecular weight excluding hydrogens is 339 g/mol. The Balaban J connectivity index is 2.30. The van der Waals surface area contributed by atoms with E-state index < -0.39 is 17.8 Å². The van der Waals surface area contributed by atoms with Crippen molar-refractivity contribution in [1.29, 1.82) is 0 Å². The Bertz CT molecular complexity index is 493. The van der Waals surface area contributed by atoms with Crippen molar-refractivity contribution in [2.75, 3.05) is 20.2 Å². The van der Waals surface area contributed by atoms with Crippen molar-refractivity contribution in [1.82, 2.24) is 4.90 Å². The first kappa shape index (κ1) is 15.6. The molecule has 3 nitrogen and oxygen atoms in total. The van der Waals surface area contributed by atoms with Gasteiger partial charge in [0.25, 0.3) is 0 Å². The number of methoxy groups -OCH3 is 1. The van der Waals surface area contributed by atoms with E-state index in [-0.39, 0.29) is 4.47 Å². The van der Waals surface area contributed by atoms with Crippen LogP contribution in [0.25, 0.3) is 0 Å². The summed E-state index contributed by atoms with van der Waals surface area (Å²) in [6, 6.07) is 2.44. The molecule has 1 saturated heterocycles. The number of hydrogen-bond acceptors (Lipinski definition) is 3. The fraction of sp³-hybridized carbons (Fsp3) is 0.538. The van der Waals surface area contributed by atoms with Crippen molar-refractivity contribution in [3.8, 4) is 5.75 Å². The van der Waals surface area contributed by atoms with Gasteiger partial charge in [-0.2, -0.15) is 13.2 Å². The lowest BCUT2D eigenvalue weighted by atomic mass is 10.1. The van der Waals surface area contributed by atoms with Gasteiger partial charge in [0.2, 0.25) is 0 Å². The third-order valence-electron chi connectivity index (χ3n) is 3.32. The minimum absolute atomic E-state index is 0.0351. The molecule has 20 heavy (non-hydrogen) atoms. The first-order chi connectivity index (χ1) is 9.31. The number of hydrogen-bond donors (Lipinski definition) is 1. The number of aliphatic hydroxyl groups is 1. The summed E-state index contributed by atoms with van der Waals surface area (Å²) in [6.45, 7) is 1.47. The fourth-order valence-corrected chi connectivity index (χ4v) is 2.87. The van der Waals surface area contributed by atoms with Crippen LogP contribution in [0, 0.1) is 0 Å². The largest absolute Gasteiger partial charge is 0.496 e. The molecule has 1 aromatic carbocycles. The maximum Gasteiger partial charge on any atom is 0.417 e. The molecule has 112 valence electrons. The molecule has 1 heterocycles. The summed E-state index contributed by atoms with van der Waals surface area (Å²) in [5.41, 5.74) is -0.245. The highest BCUT2D eigenvalue weighted by Gasteiger charge is 2.34. The molecule has 0 bridgehead atoms. The lowest BCUT2D eigenvalue weighted by Gasteiger charge is -2.19. The monoisotopic (exact) mass is 353 g/mol. The normalized spacial score (nSPS) is 20.4. The number of nitrogens with zero attached hydrogens (tertiary/aromatic N) is 1. The minimum Gasteiger partial charge on any atom is -0.496 e. The van der Waals surface area contributed by atoms with E-state index in [4.69, 9.17) is 4.74 Å². The van der Waals surface area contributed by atoms with E-state index in [9.17, 15) is 18.3 Å². The van der Waals surface area contributed by atoms with E-state index in [1.54, 1.807) is 0 Å². The molecule has 7 heteroatoms. The molecule has 0 aromatic heterocycles. The minimum atomic E-state index is -4.41. The van der Waals surface area contributed by atoms with Gasteiger partial charge in [0.15, 0.2) is 0 Å². The van der Waals surface area contributed by atoms with Crippen LogP contribution in [0.2, 0.25) is 0 Å². The highest BCUT2D eigenvalue weighted by Crippen LogP contribution is 2.39. The number of alkyl halides is 3. The topological polar surface area (TPSA) is 32.7 Å². The molecule has 1 aliphatic rings. The lowest BCUT2D eigenvalue weighted by Crippen LogP contribution is -2.22. The van der Waals surface area contributed by atoms with Crippen LogP contribution in [-0.2, 0) is 12.7 Å². The molecule has 1 aliphatic heterocycles. The van der Waals surface area contributed by atoms with Gasteiger partial charge in [0, 0.05) is 29.7 Å². The van der Waals surface area contributed by atoms with Gasteiger partial charge in [0.1, 0.15) is 5.75 Å². The zero-order chi connectivity index (χ0) is 14.9. The molecule has 0 saturated carbocycles. The maximum absolute atomic E-state index is 12.9. The number of aliphatic hydroxyl groups excluding tert-OH is 1. The Hall–Kier alpha value is -0.790. The van der Waals surface area contributed by atoms with E-state index in [1.165, 1.54) is 13.2 Å². The van der Waals surface area contributed by atoms with E-state index >= 15 is 0 Å². The summed E-state index contributed by atoms with van der Waals surface area (Å²) in [7, 11) is 1.43.